The third kappa shape index (κ3) is 3.17. The lowest BCUT2D eigenvalue weighted by Gasteiger charge is -2.08. The number of hydrogen-bond donors (Lipinski definition) is 2. The number of anilines is 1. The van der Waals surface area contributed by atoms with Crippen LogP contribution < -0.4 is 10.1 Å². The van der Waals surface area contributed by atoms with Crippen molar-refractivity contribution in [2.45, 2.75) is 6.54 Å². The van der Waals surface area contributed by atoms with Gasteiger partial charge in [-0.1, -0.05) is 6.07 Å². The van der Waals surface area contributed by atoms with Crippen molar-refractivity contribution in [1.82, 2.24) is 0 Å². The fourth-order valence-electron chi connectivity index (χ4n) is 1.57. The molecular formula is C14H14BrNO2. The minimum Gasteiger partial charge on any atom is -0.507 e. The van der Waals surface area contributed by atoms with Gasteiger partial charge in [0.05, 0.1) is 11.6 Å². The third-order valence-electron chi connectivity index (χ3n) is 2.60. The van der Waals surface area contributed by atoms with Crippen LogP contribution in [0.3, 0.4) is 0 Å². The van der Waals surface area contributed by atoms with E-state index in [0.29, 0.717) is 11.0 Å². The maximum atomic E-state index is 9.41. The molecule has 0 heterocycles. The molecular weight excluding hydrogens is 294 g/mol. The first kappa shape index (κ1) is 12.8. The van der Waals surface area contributed by atoms with Crippen LogP contribution in [0.2, 0.25) is 0 Å². The Labute approximate surface area is 115 Å². The molecule has 2 N–H and O–H groups in total. The minimum atomic E-state index is 0.253. The van der Waals surface area contributed by atoms with Crippen LogP contribution >= 0.6 is 15.9 Å². The summed E-state index contributed by atoms with van der Waals surface area (Å²) in [6.45, 7) is 0.700. The molecule has 0 atom stereocenters. The standard InChI is InChI=1S/C14H14BrNO2/c1-18-12-5-3-11(4-6-12)16-9-10-2-7-14(17)13(15)8-10/h2-8,16-17H,9H2,1H3. The Morgan fingerprint density at radius 2 is 1.89 bits per heavy atom. The molecule has 4 heteroatoms. The number of ether oxygens (including phenoxy) is 1. The molecule has 0 aliphatic heterocycles. The van der Waals surface area contributed by atoms with Crippen LogP contribution in [-0.4, -0.2) is 12.2 Å². The van der Waals surface area contributed by atoms with Crippen LogP contribution in [-0.2, 0) is 6.54 Å². The van der Waals surface area contributed by atoms with Crippen molar-refractivity contribution in [3.05, 3.63) is 52.5 Å². The van der Waals surface area contributed by atoms with Gasteiger partial charge in [-0.25, -0.2) is 0 Å². The van der Waals surface area contributed by atoms with E-state index in [-0.39, 0.29) is 5.75 Å². The fourth-order valence-corrected chi connectivity index (χ4v) is 2.00. The van der Waals surface area contributed by atoms with Crippen molar-refractivity contribution >= 4 is 21.6 Å². The van der Waals surface area contributed by atoms with E-state index in [2.05, 4.69) is 21.2 Å². The highest BCUT2D eigenvalue weighted by Crippen LogP contribution is 2.24. The van der Waals surface area contributed by atoms with Gasteiger partial charge in [-0.15, -0.1) is 0 Å². The Balaban J connectivity index is 1.99. The van der Waals surface area contributed by atoms with Gasteiger partial charge in [-0.05, 0) is 57.9 Å². The van der Waals surface area contributed by atoms with Crippen LogP contribution in [0.5, 0.6) is 11.5 Å². The summed E-state index contributed by atoms with van der Waals surface area (Å²) in [5, 5.41) is 12.7. The van der Waals surface area contributed by atoms with Crippen molar-refractivity contribution in [3.8, 4) is 11.5 Å². The average Bonchev–Trinajstić information content (AvgIpc) is 2.41. The van der Waals surface area contributed by atoms with Crippen LogP contribution in [0.25, 0.3) is 0 Å². The summed E-state index contributed by atoms with van der Waals surface area (Å²) in [5.74, 6) is 1.09. The lowest BCUT2D eigenvalue weighted by molar-refractivity contribution is 0.415. The van der Waals surface area contributed by atoms with Gasteiger partial charge in [0.25, 0.3) is 0 Å². The van der Waals surface area contributed by atoms with Crippen LogP contribution in [0.15, 0.2) is 46.9 Å². The second kappa shape index (κ2) is 5.78. The summed E-state index contributed by atoms with van der Waals surface area (Å²) < 4.78 is 5.80. The van der Waals surface area contributed by atoms with Gasteiger partial charge in [-0.2, -0.15) is 0 Å². The fraction of sp³-hybridized carbons (Fsp3) is 0.143. The predicted octanol–water partition coefficient (Wildman–Crippen LogP) is 3.78. The number of hydrogen-bond acceptors (Lipinski definition) is 3. The lowest BCUT2D eigenvalue weighted by Crippen LogP contribution is -1.99. The largest absolute Gasteiger partial charge is 0.507 e. The van der Waals surface area contributed by atoms with Gasteiger partial charge in [-0.3, -0.25) is 0 Å². The number of methoxy groups -OCH3 is 1. The molecule has 0 aromatic heterocycles. The Morgan fingerprint density at radius 3 is 2.50 bits per heavy atom. The zero-order valence-electron chi connectivity index (χ0n) is 9.98. The normalized spacial score (nSPS) is 10.1. The molecule has 2 rings (SSSR count). The predicted molar refractivity (Wildman–Crippen MR) is 76.1 cm³/mol. The van der Waals surface area contributed by atoms with E-state index in [1.165, 1.54) is 0 Å². The van der Waals surface area contributed by atoms with Crippen LogP contribution in [0.4, 0.5) is 5.69 Å². The summed E-state index contributed by atoms with van der Waals surface area (Å²) in [6.07, 6.45) is 0. The first-order valence-corrected chi connectivity index (χ1v) is 6.33. The summed E-state index contributed by atoms with van der Waals surface area (Å²) in [7, 11) is 1.65. The molecule has 2 aromatic rings. The summed E-state index contributed by atoms with van der Waals surface area (Å²) in [6, 6.07) is 13.2. The first-order chi connectivity index (χ1) is 8.69. The average molecular weight is 308 g/mol. The van der Waals surface area contributed by atoms with Crippen molar-refractivity contribution in [3.63, 3.8) is 0 Å². The summed E-state index contributed by atoms with van der Waals surface area (Å²) in [5.41, 5.74) is 2.12. The van der Waals surface area contributed by atoms with Gasteiger partial charge in [0.2, 0.25) is 0 Å². The molecule has 3 nitrogen and oxygen atoms in total. The van der Waals surface area contributed by atoms with Gasteiger partial charge in [0, 0.05) is 12.2 Å². The molecule has 0 saturated heterocycles. The number of phenols is 1. The zero-order chi connectivity index (χ0) is 13.0. The van der Waals surface area contributed by atoms with Crippen molar-refractivity contribution in [2.75, 3.05) is 12.4 Å². The van der Waals surface area contributed by atoms with E-state index < -0.39 is 0 Å². The molecule has 0 radical (unpaired) electrons. The summed E-state index contributed by atoms with van der Waals surface area (Å²) in [4.78, 5) is 0. The van der Waals surface area contributed by atoms with Crippen molar-refractivity contribution < 1.29 is 9.84 Å². The number of phenolic OH excluding ortho intramolecular Hbond substituents is 1. The highest BCUT2D eigenvalue weighted by molar-refractivity contribution is 9.10. The van der Waals surface area contributed by atoms with Gasteiger partial charge >= 0.3 is 0 Å². The van der Waals surface area contributed by atoms with Crippen molar-refractivity contribution in [2.24, 2.45) is 0 Å². The Kier molecular flexibility index (Phi) is 4.10. The van der Waals surface area contributed by atoms with E-state index in [4.69, 9.17) is 4.74 Å². The molecule has 0 aliphatic rings. The molecule has 0 fully saturated rings. The number of benzene rings is 2. The summed E-state index contributed by atoms with van der Waals surface area (Å²) >= 11 is 3.30. The van der Waals surface area contributed by atoms with Crippen LogP contribution in [0.1, 0.15) is 5.56 Å². The van der Waals surface area contributed by atoms with Crippen molar-refractivity contribution in [1.29, 1.82) is 0 Å². The molecule has 94 valence electrons. The van der Waals surface area contributed by atoms with E-state index >= 15 is 0 Å². The topological polar surface area (TPSA) is 41.5 Å². The number of nitrogens with one attached hydrogen (secondary N) is 1. The second-order valence-corrected chi connectivity index (χ2v) is 4.72. The second-order valence-electron chi connectivity index (χ2n) is 3.87. The van der Waals surface area contributed by atoms with Gasteiger partial charge in [0.1, 0.15) is 11.5 Å². The maximum Gasteiger partial charge on any atom is 0.129 e. The molecule has 2 aromatic carbocycles. The minimum absolute atomic E-state index is 0.253. The van der Waals surface area contributed by atoms with Crippen LogP contribution in [0, 0.1) is 0 Å². The number of aromatic hydroxyl groups is 1. The monoisotopic (exact) mass is 307 g/mol. The molecule has 0 bridgehead atoms. The molecule has 0 amide bonds. The SMILES string of the molecule is COc1ccc(NCc2ccc(O)c(Br)c2)cc1. The molecule has 0 saturated carbocycles. The third-order valence-corrected chi connectivity index (χ3v) is 3.23. The molecule has 0 spiro atoms. The molecule has 0 unspecified atom stereocenters. The highest BCUT2D eigenvalue weighted by atomic mass is 79.9. The van der Waals surface area contributed by atoms with E-state index in [1.807, 2.05) is 36.4 Å². The number of rotatable bonds is 4. The maximum absolute atomic E-state index is 9.41. The van der Waals surface area contributed by atoms with Gasteiger partial charge in [0.15, 0.2) is 0 Å². The zero-order valence-corrected chi connectivity index (χ0v) is 11.6. The lowest BCUT2D eigenvalue weighted by atomic mass is 10.2. The molecule has 18 heavy (non-hydrogen) atoms. The quantitative estimate of drug-likeness (QED) is 0.903. The number of halogens is 1. The van der Waals surface area contributed by atoms with E-state index in [9.17, 15) is 5.11 Å². The Bertz CT molecular complexity index is 526. The highest BCUT2D eigenvalue weighted by Gasteiger charge is 2.00. The molecule has 0 aliphatic carbocycles. The Hall–Kier alpha value is -1.68. The first-order valence-electron chi connectivity index (χ1n) is 5.54. The Morgan fingerprint density at radius 1 is 1.17 bits per heavy atom. The van der Waals surface area contributed by atoms with E-state index in [0.717, 1.165) is 17.0 Å². The smallest absolute Gasteiger partial charge is 0.129 e. The van der Waals surface area contributed by atoms with Gasteiger partial charge < -0.3 is 15.2 Å². The van der Waals surface area contributed by atoms with E-state index in [1.54, 1.807) is 13.2 Å².